The van der Waals surface area contributed by atoms with Crippen molar-refractivity contribution in [3.63, 3.8) is 0 Å². The van der Waals surface area contributed by atoms with E-state index in [0.717, 1.165) is 10.3 Å². The highest BCUT2D eigenvalue weighted by Crippen LogP contribution is 2.32. The lowest BCUT2D eigenvalue weighted by molar-refractivity contribution is 0.630. The number of anilines is 1. The Hall–Kier alpha value is -1.80. The van der Waals surface area contributed by atoms with Crippen molar-refractivity contribution in [3.8, 4) is 23.6 Å². The van der Waals surface area contributed by atoms with Gasteiger partial charge in [0.1, 0.15) is 23.2 Å². The molecule has 1 heterocycles. The van der Waals surface area contributed by atoms with E-state index in [4.69, 9.17) is 12.2 Å². The number of rotatable bonds is 3. The molecule has 1 aromatic heterocycles. The van der Waals surface area contributed by atoms with Crippen molar-refractivity contribution in [2.75, 3.05) is 5.73 Å². The van der Waals surface area contributed by atoms with Crippen LogP contribution in [0.2, 0.25) is 0 Å². The van der Waals surface area contributed by atoms with Gasteiger partial charge in [0, 0.05) is 16.0 Å². The van der Waals surface area contributed by atoms with E-state index in [0.29, 0.717) is 23.6 Å². The maximum Gasteiger partial charge on any atom is 0.132 e. The third-order valence-corrected chi connectivity index (χ3v) is 3.48. The van der Waals surface area contributed by atoms with Gasteiger partial charge in [-0.2, -0.15) is 0 Å². The van der Waals surface area contributed by atoms with E-state index in [9.17, 15) is 4.39 Å². The number of nitrogen functional groups attached to an aromatic ring is 1. The van der Waals surface area contributed by atoms with Crippen LogP contribution in [0.5, 0.6) is 0 Å². The molecule has 2 aromatic rings. The summed E-state index contributed by atoms with van der Waals surface area (Å²) in [5, 5.41) is 0. The van der Waals surface area contributed by atoms with Gasteiger partial charge in [-0.25, -0.2) is 9.37 Å². The summed E-state index contributed by atoms with van der Waals surface area (Å²) in [5.74, 6) is 3.49. The molecule has 0 fully saturated rings. The fourth-order valence-corrected chi connectivity index (χ4v) is 2.42. The second kappa shape index (κ2) is 5.68. The first-order chi connectivity index (χ1) is 9.45. The molecule has 0 amide bonds. The van der Waals surface area contributed by atoms with Crippen molar-refractivity contribution in [2.45, 2.75) is 26.3 Å². The van der Waals surface area contributed by atoms with E-state index in [1.807, 2.05) is 13.8 Å². The number of hydrogen-bond donors (Lipinski definition) is 1. The molecule has 3 nitrogen and oxygen atoms in total. The van der Waals surface area contributed by atoms with Crippen molar-refractivity contribution in [2.24, 2.45) is 0 Å². The van der Waals surface area contributed by atoms with Crippen LogP contribution in [-0.2, 0) is 6.54 Å². The summed E-state index contributed by atoms with van der Waals surface area (Å²) in [6.45, 7) is 4.31. The quantitative estimate of drug-likeness (QED) is 0.867. The zero-order chi connectivity index (χ0) is 14.9. The smallest absolute Gasteiger partial charge is 0.132 e. The molecule has 2 rings (SSSR count). The molecule has 0 atom stereocenters. The molecule has 104 valence electrons. The number of benzene rings is 1. The van der Waals surface area contributed by atoms with Crippen molar-refractivity contribution >= 4 is 21.7 Å². The summed E-state index contributed by atoms with van der Waals surface area (Å²) in [6.07, 6.45) is 5.36. The van der Waals surface area contributed by atoms with Gasteiger partial charge in [0.05, 0.1) is 6.54 Å². The lowest BCUT2D eigenvalue weighted by Gasteiger charge is -2.08. The number of halogens is 2. The molecule has 2 N–H and O–H groups in total. The Balaban J connectivity index is 2.66. The molecule has 5 heteroatoms. The molecule has 0 radical (unpaired) electrons. The number of terminal acetylenes is 1. The van der Waals surface area contributed by atoms with Crippen LogP contribution in [0.1, 0.15) is 25.6 Å². The third kappa shape index (κ3) is 2.56. The number of aromatic nitrogens is 2. The van der Waals surface area contributed by atoms with Crippen LogP contribution in [0, 0.1) is 18.2 Å². The Labute approximate surface area is 126 Å². The first kappa shape index (κ1) is 14.6. The zero-order valence-corrected chi connectivity index (χ0v) is 12.9. The Morgan fingerprint density at radius 2 is 2.20 bits per heavy atom. The maximum atomic E-state index is 14.0. The normalized spacial score (nSPS) is 10.8. The molecule has 0 saturated heterocycles. The van der Waals surface area contributed by atoms with Gasteiger partial charge in [-0.05, 0) is 18.2 Å². The number of nitrogens with zero attached hydrogens (tertiary/aromatic N) is 2. The van der Waals surface area contributed by atoms with Crippen LogP contribution in [0.3, 0.4) is 0 Å². The summed E-state index contributed by atoms with van der Waals surface area (Å²) < 4.78 is 16.5. The Kier molecular flexibility index (Phi) is 4.15. The van der Waals surface area contributed by atoms with Crippen LogP contribution >= 0.6 is 15.9 Å². The number of imidazole rings is 1. The Morgan fingerprint density at radius 3 is 2.80 bits per heavy atom. The largest absolute Gasteiger partial charge is 0.383 e. The Bertz CT molecular complexity index is 683. The molecule has 0 aliphatic heterocycles. The van der Waals surface area contributed by atoms with Gasteiger partial charge in [0.25, 0.3) is 0 Å². The SMILES string of the molecule is C#CCn1c(C(C)C)nc(-c2cc(Br)ccc2F)c1N. The Morgan fingerprint density at radius 1 is 1.50 bits per heavy atom. The van der Waals surface area contributed by atoms with E-state index in [2.05, 4.69) is 26.8 Å². The van der Waals surface area contributed by atoms with Crippen molar-refractivity contribution < 1.29 is 4.39 Å². The van der Waals surface area contributed by atoms with Crippen LogP contribution < -0.4 is 5.73 Å². The molecule has 0 spiro atoms. The highest BCUT2D eigenvalue weighted by molar-refractivity contribution is 9.10. The molecule has 0 aliphatic carbocycles. The van der Waals surface area contributed by atoms with E-state index >= 15 is 0 Å². The first-order valence-corrected chi connectivity index (χ1v) is 6.99. The highest BCUT2D eigenvalue weighted by atomic mass is 79.9. The van der Waals surface area contributed by atoms with E-state index < -0.39 is 0 Å². The molecule has 0 aliphatic rings. The summed E-state index contributed by atoms with van der Waals surface area (Å²) in [6, 6.07) is 4.68. The van der Waals surface area contributed by atoms with Gasteiger partial charge in [0.2, 0.25) is 0 Å². The van der Waals surface area contributed by atoms with Crippen LogP contribution in [0.15, 0.2) is 22.7 Å². The molecule has 1 aromatic carbocycles. The highest BCUT2D eigenvalue weighted by Gasteiger charge is 2.20. The van der Waals surface area contributed by atoms with Gasteiger partial charge in [-0.1, -0.05) is 35.7 Å². The third-order valence-electron chi connectivity index (χ3n) is 2.99. The van der Waals surface area contributed by atoms with Gasteiger partial charge in [-0.3, -0.25) is 0 Å². The van der Waals surface area contributed by atoms with Crippen molar-refractivity contribution in [3.05, 3.63) is 34.3 Å². The minimum atomic E-state index is -0.361. The molecule has 20 heavy (non-hydrogen) atoms. The van der Waals surface area contributed by atoms with Gasteiger partial charge >= 0.3 is 0 Å². The summed E-state index contributed by atoms with van der Waals surface area (Å²) in [7, 11) is 0. The average molecular weight is 336 g/mol. The maximum absolute atomic E-state index is 14.0. The minimum Gasteiger partial charge on any atom is -0.383 e. The second-order valence-electron chi connectivity index (χ2n) is 4.77. The lowest BCUT2D eigenvalue weighted by atomic mass is 10.1. The summed E-state index contributed by atoms with van der Waals surface area (Å²) in [4.78, 5) is 4.48. The molecule has 0 unspecified atom stereocenters. The predicted molar refractivity (Wildman–Crippen MR) is 82.7 cm³/mol. The topological polar surface area (TPSA) is 43.8 Å². The van der Waals surface area contributed by atoms with Gasteiger partial charge in [0.15, 0.2) is 0 Å². The van der Waals surface area contributed by atoms with Crippen molar-refractivity contribution in [1.82, 2.24) is 9.55 Å². The fraction of sp³-hybridized carbons (Fsp3) is 0.267. The fourth-order valence-electron chi connectivity index (χ4n) is 2.06. The minimum absolute atomic E-state index is 0.148. The van der Waals surface area contributed by atoms with E-state index in [1.54, 1.807) is 16.7 Å². The number of nitrogens with two attached hydrogens (primary N) is 1. The monoisotopic (exact) mass is 335 g/mol. The summed E-state index contributed by atoms with van der Waals surface area (Å²) >= 11 is 3.33. The van der Waals surface area contributed by atoms with Crippen LogP contribution in [-0.4, -0.2) is 9.55 Å². The van der Waals surface area contributed by atoms with E-state index in [1.165, 1.54) is 6.07 Å². The van der Waals surface area contributed by atoms with E-state index in [-0.39, 0.29) is 11.7 Å². The lowest BCUT2D eigenvalue weighted by Crippen LogP contribution is -2.07. The molecule has 0 saturated carbocycles. The van der Waals surface area contributed by atoms with Crippen LogP contribution in [0.4, 0.5) is 10.2 Å². The second-order valence-corrected chi connectivity index (χ2v) is 5.69. The van der Waals surface area contributed by atoms with Crippen LogP contribution in [0.25, 0.3) is 11.3 Å². The zero-order valence-electron chi connectivity index (χ0n) is 11.3. The molecule has 0 bridgehead atoms. The van der Waals surface area contributed by atoms with Crippen molar-refractivity contribution in [1.29, 1.82) is 0 Å². The predicted octanol–water partition coefficient (Wildman–Crippen LogP) is 3.79. The standard InChI is InChI=1S/C15H15BrFN3/c1-4-7-20-14(18)13(19-15(20)9(2)3)11-8-10(16)5-6-12(11)17/h1,5-6,8-9H,7,18H2,2-3H3. The molecular weight excluding hydrogens is 321 g/mol. The number of hydrogen-bond acceptors (Lipinski definition) is 2. The first-order valence-electron chi connectivity index (χ1n) is 6.20. The van der Waals surface area contributed by atoms with Gasteiger partial charge in [-0.15, -0.1) is 6.42 Å². The van der Waals surface area contributed by atoms with Gasteiger partial charge < -0.3 is 10.3 Å². The average Bonchev–Trinajstić information content (AvgIpc) is 2.71. The summed E-state index contributed by atoms with van der Waals surface area (Å²) in [5.41, 5.74) is 6.90. The molecular formula is C15H15BrFN3.